The van der Waals surface area contributed by atoms with Crippen LogP contribution in [0.25, 0.3) is 0 Å². The molecule has 3 aromatic rings. The van der Waals surface area contributed by atoms with Crippen molar-refractivity contribution in [1.82, 2.24) is 0 Å². The molecule has 156 valence electrons. The second-order valence-corrected chi connectivity index (χ2v) is 9.91. The lowest BCUT2D eigenvalue weighted by molar-refractivity contribution is -0.113. The Hall–Kier alpha value is -2.19. The Morgan fingerprint density at radius 1 is 0.967 bits per heavy atom. The molecular formula is C21H18Cl2N2O3S2. The quantitative estimate of drug-likeness (QED) is 0.416. The minimum atomic E-state index is -3.78. The molecular weight excluding hydrogens is 463 g/mol. The largest absolute Gasteiger partial charge is 0.325 e. The first-order valence-corrected chi connectivity index (χ1v) is 12.0. The van der Waals surface area contributed by atoms with Crippen LogP contribution < -0.4 is 10.0 Å². The molecule has 0 bridgehead atoms. The lowest BCUT2D eigenvalue weighted by Crippen LogP contribution is -2.15. The maximum Gasteiger partial charge on any atom is 0.261 e. The monoisotopic (exact) mass is 480 g/mol. The third-order valence-electron chi connectivity index (χ3n) is 4.14. The molecule has 0 heterocycles. The summed E-state index contributed by atoms with van der Waals surface area (Å²) in [5.41, 5.74) is 1.57. The van der Waals surface area contributed by atoms with E-state index >= 15 is 0 Å². The Balaban J connectivity index is 1.61. The van der Waals surface area contributed by atoms with E-state index in [2.05, 4.69) is 10.0 Å². The number of carbonyl (C=O) groups excluding carboxylic acids is 1. The minimum Gasteiger partial charge on any atom is -0.325 e. The van der Waals surface area contributed by atoms with Crippen LogP contribution in [0.1, 0.15) is 5.56 Å². The average Bonchev–Trinajstić information content (AvgIpc) is 2.71. The van der Waals surface area contributed by atoms with Crippen LogP contribution in [-0.4, -0.2) is 20.1 Å². The number of sulfonamides is 1. The Labute approximate surface area is 189 Å². The number of carbonyl (C=O) groups is 1. The number of nitrogens with one attached hydrogen (secondary N) is 2. The topological polar surface area (TPSA) is 75.3 Å². The Morgan fingerprint density at radius 3 is 2.30 bits per heavy atom. The van der Waals surface area contributed by atoms with E-state index in [1.807, 2.05) is 12.1 Å². The number of hydrogen-bond acceptors (Lipinski definition) is 4. The predicted molar refractivity (Wildman–Crippen MR) is 124 cm³/mol. The summed E-state index contributed by atoms with van der Waals surface area (Å²) in [5, 5.41) is 3.86. The third kappa shape index (κ3) is 5.92. The molecule has 0 saturated heterocycles. The number of amides is 1. The van der Waals surface area contributed by atoms with Crippen LogP contribution in [0.15, 0.2) is 76.5 Å². The van der Waals surface area contributed by atoms with Crippen LogP contribution in [0.2, 0.25) is 10.0 Å². The SMILES string of the molecule is Cc1c(Cl)cccc1NS(=O)(=O)c1ccc(NC(=O)CSc2ccc(Cl)cc2)cc1. The van der Waals surface area contributed by atoms with Gasteiger partial charge in [-0.1, -0.05) is 29.3 Å². The van der Waals surface area contributed by atoms with Crippen molar-refractivity contribution in [2.24, 2.45) is 0 Å². The van der Waals surface area contributed by atoms with E-state index < -0.39 is 10.0 Å². The van der Waals surface area contributed by atoms with Gasteiger partial charge in [-0.05, 0) is 73.2 Å². The van der Waals surface area contributed by atoms with Gasteiger partial charge in [0.1, 0.15) is 0 Å². The molecule has 0 atom stereocenters. The number of benzene rings is 3. The highest BCUT2D eigenvalue weighted by atomic mass is 35.5. The summed E-state index contributed by atoms with van der Waals surface area (Å²) in [4.78, 5) is 13.2. The zero-order chi connectivity index (χ0) is 21.7. The van der Waals surface area contributed by atoms with E-state index in [1.165, 1.54) is 23.9 Å². The van der Waals surface area contributed by atoms with Crippen molar-refractivity contribution < 1.29 is 13.2 Å². The molecule has 0 saturated carbocycles. The van der Waals surface area contributed by atoms with Crippen LogP contribution >= 0.6 is 35.0 Å². The van der Waals surface area contributed by atoms with Gasteiger partial charge in [-0.2, -0.15) is 0 Å². The molecule has 3 rings (SSSR count). The van der Waals surface area contributed by atoms with E-state index in [-0.39, 0.29) is 16.6 Å². The summed E-state index contributed by atoms with van der Waals surface area (Å²) in [7, 11) is -3.78. The fourth-order valence-corrected chi connectivity index (χ4v) is 4.64. The van der Waals surface area contributed by atoms with Crippen molar-refractivity contribution >= 4 is 62.3 Å². The van der Waals surface area contributed by atoms with Crippen LogP contribution in [-0.2, 0) is 14.8 Å². The number of thioether (sulfide) groups is 1. The number of rotatable bonds is 7. The molecule has 0 aliphatic carbocycles. The van der Waals surface area contributed by atoms with Gasteiger partial charge in [0.2, 0.25) is 5.91 Å². The van der Waals surface area contributed by atoms with Gasteiger partial charge >= 0.3 is 0 Å². The van der Waals surface area contributed by atoms with E-state index in [0.717, 1.165) is 4.90 Å². The number of hydrogen-bond donors (Lipinski definition) is 2. The van der Waals surface area contributed by atoms with Crippen molar-refractivity contribution in [3.05, 3.63) is 82.3 Å². The summed E-state index contributed by atoms with van der Waals surface area (Å²) in [6, 6.07) is 18.2. The zero-order valence-corrected chi connectivity index (χ0v) is 19.0. The molecule has 0 radical (unpaired) electrons. The normalized spacial score (nSPS) is 11.2. The molecule has 2 N–H and O–H groups in total. The third-order valence-corrected chi connectivity index (χ3v) is 7.20. The van der Waals surface area contributed by atoms with Crippen molar-refractivity contribution in [2.45, 2.75) is 16.7 Å². The van der Waals surface area contributed by atoms with Crippen LogP contribution in [0, 0.1) is 6.92 Å². The average molecular weight is 481 g/mol. The van der Waals surface area contributed by atoms with Gasteiger partial charge in [0.05, 0.1) is 16.3 Å². The molecule has 0 aromatic heterocycles. The fourth-order valence-electron chi connectivity index (χ4n) is 2.52. The number of anilines is 2. The lowest BCUT2D eigenvalue weighted by Gasteiger charge is -2.12. The maximum absolute atomic E-state index is 12.6. The first-order chi connectivity index (χ1) is 14.2. The summed E-state index contributed by atoms with van der Waals surface area (Å²) in [5.74, 6) is 0.0234. The zero-order valence-electron chi connectivity index (χ0n) is 15.9. The maximum atomic E-state index is 12.6. The molecule has 0 aliphatic heterocycles. The fraction of sp³-hybridized carbons (Fsp3) is 0.0952. The van der Waals surface area contributed by atoms with Gasteiger partial charge in [-0.25, -0.2) is 8.42 Å². The van der Waals surface area contributed by atoms with Gasteiger partial charge in [-0.3, -0.25) is 9.52 Å². The second kappa shape index (κ2) is 9.75. The van der Waals surface area contributed by atoms with E-state index in [1.54, 1.807) is 49.4 Å². The molecule has 0 fully saturated rings. The Morgan fingerprint density at radius 2 is 1.63 bits per heavy atom. The molecule has 30 heavy (non-hydrogen) atoms. The molecule has 0 aliphatic rings. The minimum absolute atomic E-state index is 0.0791. The highest BCUT2D eigenvalue weighted by Gasteiger charge is 2.16. The summed E-state index contributed by atoms with van der Waals surface area (Å²) in [6.07, 6.45) is 0. The summed E-state index contributed by atoms with van der Waals surface area (Å²) < 4.78 is 27.8. The van der Waals surface area contributed by atoms with Gasteiger partial charge in [0.15, 0.2) is 0 Å². The van der Waals surface area contributed by atoms with Crippen molar-refractivity contribution in [3.8, 4) is 0 Å². The highest BCUT2D eigenvalue weighted by molar-refractivity contribution is 8.00. The first kappa shape index (κ1) is 22.5. The molecule has 5 nitrogen and oxygen atoms in total. The van der Waals surface area contributed by atoms with Crippen molar-refractivity contribution in [1.29, 1.82) is 0 Å². The summed E-state index contributed by atoms with van der Waals surface area (Å²) in [6.45, 7) is 1.74. The van der Waals surface area contributed by atoms with Gasteiger partial charge in [0.25, 0.3) is 10.0 Å². The molecule has 0 spiro atoms. The van der Waals surface area contributed by atoms with Gasteiger partial charge < -0.3 is 5.32 Å². The van der Waals surface area contributed by atoms with Crippen LogP contribution in [0.5, 0.6) is 0 Å². The van der Waals surface area contributed by atoms with E-state index in [9.17, 15) is 13.2 Å². The van der Waals surface area contributed by atoms with Crippen LogP contribution in [0.4, 0.5) is 11.4 Å². The van der Waals surface area contributed by atoms with Crippen LogP contribution in [0.3, 0.4) is 0 Å². The van der Waals surface area contributed by atoms with Crippen molar-refractivity contribution in [2.75, 3.05) is 15.8 Å². The van der Waals surface area contributed by atoms with Gasteiger partial charge in [0, 0.05) is 20.6 Å². The first-order valence-electron chi connectivity index (χ1n) is 8.81. The Bertz CT molecular complexity index is 1150. The second-order valence-electron chi connectivity index (χ2n) is 6.33. The van der Waals surface area contributed by atoms with Gasteiger partial charge in [-0.15, -0.1) is 11.8 Å². The van der Waals surface area contributed by atoms with Crippen molar-refractivity contribution in [3.63, 3.8) is 0 Å². The predicted octanol–water partition coefficient (Wildman–Crippen LogP) is 5.83. The van der Waals surface area contributed by atoms with E-state index in [4.69, 9.17) is 23.2 Å². The van der Waals surface area contributed by atoms with E-state index in [0.29, 0.717) is 27.0 Å². The smallest absolute Gasteiger partial charge is 0.261 e. The standard InChI is InChI=1S/C21H18Cl2N2O3S2/c1-14-19(23)3-2-4-20(14)25-30(27,28)18-11-7-16(8-12-18)24-21(26)13-29-17-9-5-15(22)6-10-17/h2-12,25H,13H2,1H3,(H,24,26). The Kier molecular flexibility index (Phi) is 7.31. The molecule has 1 amide bonds. The summed E-state index contributed by atoms with van der Waals surface area (Å²) >= 11 is 13.3. The molecule has 0 unspecified atom stereocenters. The number of halogens is 2. The molecule has 9 heteroatoms. The molecule has 3 aromatic carbocycles. The lowest BCUT2D eigenvalue weighted by atomic mass is 10.2. The highest BCUT2D eigenvalue weighted by Crippen LogP contribution is 2.26.